The van der Waals surface area contributed by atoms with Gasteiger partial charge in [-0.1, -0.05) is 37.3 Å². The molecule has 1 aromatic rings. The van der Waals surface area contributed by atoms with Gasteiger partial charge in [-0.15, -0.1) is 0 Å². The Labute approximate surface area is 108 Å². The Kier molecular flexibility index (Phi) is 5.30. The minimum absolute atomic E-state index is 0.00311. The molecule has 0 saturated carbocycles. The topological polar surface area (TPSA) is 87.2 Å². The fourth-order valence-corrected chi connectivity index (χ4v) is 3.17. The zero-order valence-corrected chi connectivity index (χ0v) is 11.3. The van der Waals surface area contributed by atoms with E-state index < -0.39 is 10.0 Å². The third kappa shape index (κ3) is 4.46. The molecule has 18 heavy (non-hydrogen) atoms. The second-order valence-corrected chi connectivity index (χ2v) is 5.98. The maximum atomic E-state index is 12.2. The predicted octanol–water partition coefficient (Wildman–Crippen LogP) is 1.16. The Hall–Kier alpha value is -1.40. The largest absolute Gasteiger partial charge is 0.388 e. The summed E-state index contributed by atoms with van der Waals surface area (Å²) in [5, 5.41) is 7.14. The van der Waals surface area contributed by atoms with Crippen molar-refractivity contribution in [2.75, 3.05) is 13.1 Å². The quantitative estimate of drug-likeness (QED) is 0.575. The number of hydrogen-bond acceptors (Lipinski definition) is 3. The van der Waals surface area contributed by atoms with Crippen molar-refractivity contribution in [3.63, 3.8) is 0 Å². The fourth-order valence-electron chi connectivity index (χ4n) is 1.62. The normalized spacial score (nSPS) is 11.7. The molecule has 100 valence electrons. The second-order valence-electron chi connectivity index (χ2n) is 4.01. The Morgan fingerprint density at radius 1 is 1.33 bits per heavy atom. The Morgan fingerprint density at radius 2 is 1.94 bits per heavy atom. The van der Waals surface area contributed by atoms with Gasteiger partial charge in [0.25, 0.3) is 0 Å². The van der Waals surface area contributed by atoms with E-state index in [1.54, 1.807) is 19.1 Å². The highest BCUT2D eigenvalue weighted by Crippen LogP contribution is 2.10. The van der Waals surface area contributed by atoms with Crippen molar-refractivity contribution in [1.82, 2.24) is 4.31 Å². The smallest absolute Gasteiger partial charge is 0.218 e. The third-order valence-electron chi connectivity index (χ3n) is 2.57. The Morgan fingerprint density at radius 3 is 2.44 bits per heavy atom. The van der Waals surface area contributed by atoms with Crippen LogP contribution >= 0.6 is 0 Å². The summed E-state index contributed by atoms with van der Waals surface area (Å²) in [6.45, 7) is 2.44. The molecule has 0 bridgehead atoms. The minimum atomic E-state index is -3.34. The Balaban J connectivity index is 2.74. The summed E-state index contributed by atoms with van der Waals surface area (Å²) in [5.41, 5.74) is 6.02. The molecule has 0 unspecified atom stereocenters. The Bertz CT molecular complexity index is 485. The average molecular weight is 269 g/mol. The molecular weight excluding hydrogens is 250 g/mol. The standard InChI is InChI=1S/C12H19N3O2S/c1-2-15(9-8-12(13)14)18(16,17)10-11-6-4-3-5-7-11/h3-7H,2,8-10H2,1H3,(H3,13,14). The van der Waals surface area contributed by atoms with E-state index in [0.717, 1.165) is 5.56 Å². The summed E-state index contributed by atoms with van der Waals surface area (Å²) in [4.78, 5) is 0. The maximum absolute atomic E-state index is 12.2. The molecule has 0 radical (unpaired) electrons. The number of benzene rings is 1. The molecular formula is C12H19N3O2S. The molecule has 0 saturated heterocycles. The lowest BCUT2D eigenvalue weighted by atomic mass is 10.2. The molecule has 0 aliphatic rings. The lowest BCUT2D eigenvalue weighted by molar-refractivity contribution is 0.436. The van der Waals surface area contributed by atoms with Crippen LogP contribution < -0.4 is 5.73 Å². The van der Waals surface area contributed by atoms with Crippen molar-refractivity contribution >= 4 is 15.9 Å². The maximum Gasteiger partial charge on any atom is 0.218 e. The van der Waals surface area contributed by atoms with Gasteiger partial charge in [-0.2, -0.15) is 0 Å². The van der Waals surface area contributed by atoms with Crippen LogP contribution in [0, 0.1) is 5.41 Å². The van der Waals surface area contributed by atoms with Crippen LogP contribution in [0.1, 0.15) is 18.9 Å². The van der Waals surface area contributed by atoms with Gasteiger partial charge in [0.2, 0.25) is 10.0 Å². The molecule has 1 rings (SSSR count). The van der Waals surface area contributed by atoms with E-state index in [1.165, 1.54) is 4.31 Å². The van der Waals surface area contributed by atoms with Gasteiger partial charge in [0, 0.05) is 19.5 Å². The zero-order valence-electron chi connectivity index (χ0n) is 10.5. The van der Waals surface area contributed by atoms with Gasteiger partial charge in [-0.25, -0.2) is 12.7 Å². The predicted molar refractivity (Wildman–Crippen MR) is 72.8 cm³/mol. The van der Waals surface area contributed by atoms with Crippen LogP contribution in [0.2, 0.25) is 0 Å². The van der Waals surface area contributed by atoms with Gasteiger partial charge >= 0.3 is 0 Å². The number of nitrogens with one attached hydrogen (secondary N) is 1. The molecule has 1 aromatic carbocycles. The highest BCUT2D eigenvalue weighted by atomic mass is 32.2. The van der Waals surface area contributed by atoms with Gasteiger partial charge in [-0.05, 0) is 5.56 Å². The van der Waals surface area contributed by atoms with Gasteiger partial charge < -0.3 is 5.73 Å². The number of nitrogens with zero attached hydrogens (tertiary/aromatic N) is 1. The van der Waals surface area contributed by atoms with Crippen molar-refractivity contribution < 1.29 is 8.42 Å². The van der Waals surface area contributed by atoms with E-state index in [9.17, 15) is 8.42 Å². The summed E-state index contributed by atoms with van der Waals surface area (Å²) < 4.78 is 25.7. The van der Waals surface area contributed by atoms with Crippen LogP contribution in [0.15, 0.2) is 30.3 Å². The molecule has 6 heteroatoms. The van der Waals surface area contributed by atoms with Crippen molar-refractivity contribution in [2.45, 2.75) is 19.1 Å². The van der Waals surface area contributed by atoms with E-state index in [0.29, 0.717) is 6.54 Å². The number of sulfonamides is 1. The van der Waals surface area contributed by atoms with Gasteiger partial charge in [0.05, 0.1) is 11.6 Å². The lowest BCUT2D eigenvalue weighted by Gasteiger charge is -2.20. The average Bonchev–Trinajstić information content (AvgIpc) is 2.29. The van der Waals surface area contributed by atoms with Crippen LogP contribution in [0.5, 0.6) is 0 Å². The van der Waals surface area contributed by atoms with Crippen molar-refractivity contribution in [3.8, 4) is 0 Å². The summed E-state index contributed by atoms with van der Waals surface area (Å²) in [6.07, 6.45) is 0.266. The minimum Gasteiger partial charge on any atom is -0.388 e. The molecule has 0 spiro atoms. The van der Waals surface area contributed by atoms with Gasteiger partial charge in [0.1, 0.15) is 0 Å². The van der Waals surface area contributed by atoms with Crippen molar-refractivity contribution in [3.05, 3.63) is 35.9 Å². The molecule has 0 amide bonds. The first kappa shape index (κ1) is 14.7. The lowest BCUT2D eigenvalue weighted by Crippen LogP contribution is -2.34. The van der Waals surface area contributed by atoms with E-state index in [1.807, 2.05) is 18.2 Å². The second kappa shape index (κ2) is 6.51. The SMILES string of the molecule is CCN(CCC(=N)N)S(=O)(=O)Cc1ccccc1. The molecule has 0 heterocycles. The zero-order chi connectivity index (χ0) is 13.6. The number of hydrogen-bond donors (Lipinski definition) is 2. The number of nitrogens with two attached hydrogens (primary N) is 1. The number of amidine groups is 1. The molecule has 0 aromatic heterocycles. The highest BCUT2D eigenvalue weighted by Gasteiger charge is 2.20. The first-order chi connectivity index (χ1) is 8.45. The van der Waals surface area contributed by atoms with Crippen LogP contribution in [0.4, 0.5) is 0 Å². The van der Waals surface area contributed by atoms with Crippen LogP contribution in [0.3, 0.4) is 0 Å². The summed E-state index contributed by atoms with van der Waals surface area (Å²) >= 11 is 0. The molecule has 0 fully saturated rings. The summed E-state index contributed by atoms with van der Waals surface area (Å²) in [6, 6.07) is 9.06. The molecule has 0 aliphatic carbocycles. The van der Waals surface area contributed by atoms with Crippen LogP contribution in [0.25, 0.3) is 0 Å². The van der Waals surface area contributed by atoms with E-state index in [4.69, 9.17) is 11.1 Å². The highest BCUT2D eigenvalue weighted by molar-refractivity contribution is 7.88. The number of rotatable bonds is 7. The third-order valence-corrected chi connectivity index (χ3v) is 4.49. The monoisotopic (exact) mass is 269 g/mol. The summed E-state index contributed by atoms with van der Waals surface area (Å²) in [7, 11) is -3.34. The first-order valence-corrected chi connectivity index (χ1v) is 7.41. The van der Waals surface area contributed by atoms with E-state index in [2.05, 4.69) is 0 Å². The molecule has 5 nitrogen and oxygen atoms in total. The van der Waals surface area contributed by atoms with E-state index in [-0.39, 0.29) is 24.6 Å². The van der Waals surface area contributed by atoms with Gasteiger partial charge in [0.15, 0.2) is 0 Å². The van der Waals surface area contributed by atoms with E-state index >= 15 is 0 Å². The van der Waals surface area contributed by atoms with Crippen molar-refractivity contribution in [1.29, 1.82) is 5.41 Å². The van der Waals surface area contributed by atoms with Crippen molar-refractivity contribution in [2.24, 2.45) is 5.73 Å². The van der Waals surface area contributed by atoms with Crippen LogP contribution in [-0.2, 0) is 15.8 Å². The summed E-state index contributed by atoms with van der Waals surface area (Å²) in [5.74, 6) is -0.0112. The van der Waals surface area contributed by atoms with Gasteiger partial charge in [-0.3, -0.25) is 5.41 Å². The fraction of sp³-hybridized carbons (Fsp3) is 0.417. The molecule has 0 aliphatic heterocycles. The first-order valence-electron chi connectivity index (χ1n) is 5.80. The molecule has 0 atom stereocenters. The van der Waals surface area contributed by atoms with Crippen LogP contribution in [-0.4, -0.2) is 31.6 Å². The molecule has 3 N–H and O–H groups in total.